The molecule has 2 aliphatic rings. The Balaban J connectivity index is 1.21. The van der Waals surface area contributed by atoms with Crippen LogP contribution in [0.5, 0.6) is 0 Å². The highest BCUT2D eigenvalue weighted by molar-refractivity contribution is 5.95. The molecule has 2 aliphatic heterocycles. The first kappa shape index (κ1) is 41.4. The molecular formula is C40H58N6O8. The second-order valence-electron chi connectivity index (χ2n) is 13.8. The third-order valence-corrected chi connectivity index (χ3v) is 9.89. The zero-order valence-electron chi connectivity index (χ0n) is 32.3. The lowest BCUT2D eigenvalue weighted by Gasteiger charge is -2.31. The molecule has 0 saturated carbocycles. The van der Waals surface area contributed by atoms with Crippen LogP contribution in [0.4, 0.5) is 5.69 Å². The smallest absolute Gasteiger partial charge is 0.261 e. The van der Waals surface area contributed by atoms with Crippen molar-refractivity contribution < 1.29 is 33.3 Å². The van der Waals surface area contributed by atoms with Gasteiger partial charge < -0.3 is 33.9 Å². The molecule has 2 amide bonds. The Hall–Kier alpha value is -3.76. The van der Waals surface area contributed by atoms with Gasteiger partial charge in [0.1, 0.15) is 12.4 Å². The summed E-state index contributed by atoms with van der Waals surface area (Å²) in [6.07, 6.45) is 1.58. The topological polar surface area (TPSA) is 137 Å². The van der Waals surface area contributed by atoms with Crippen LogP contribution in [0.2, 0.25) is 0 Å². The average Bonchev–Trinajstić information content (AvgIpc) is 3.17. The summed E-state index contributed by atoms with van der Waals surface area (Å²) >= 11 is 0. The van der Waals surface area contributed by atoms with Gasteiger partial charge >= 0.3 is 0 Å². The minimum atomic E-state index is -0.319. The molecule has 14 heteroatoms. The fourth-order valence-electron chi connectivity index (χ4n) is 6.73. The highest BCUT2D eigenvalue weighted by atomic mass is 16.5. The molecule has 296 valence electrons. The highest BCUT2D eigenvalue weighted by Crippen LogP contribution is 2.18. The predicted octanol–water partition coefficient (Wildman–Crippen LogP) is 2.86. The number of hydrogen-bond acceptors (Lipinski definition) is 11. The van der Waals surface area contributed by atoms with Gasteiger partial charge in [0, 0.05) is 45.0 Å². The van der Waals surface area contributed by atoms with Crippen molar-refractivity contribution in [1.29, 1.82) is 0 Å². The van der Waals surface area contributed by atoms with E-state index < -0.39 is 0 Å². The molecule has 3 heterocycles. The van der Waals surface area contributed by atoms with Gasteiger partial charge in [0.15, 0.2) is 0 Å². The highest BCUT2D eigenvalue weighted by Gasteiger charge is 2.26. The number of nitrogens with one attached hydrogen (secondary N) is 1. The van der Waals surface area contributed by atoms with Gasteiger partial charge in [-0.25, -0.2) is 4.98 Å². The Morgan fingerprint density at radius 2 is 1.31 bits per heavy atom. The molecular weight excluding hydrogens is 692 g/mol. The number of amides is 2. The standard InChI is InChI=1S/C40H58N6O8/c1-4-8-35(39(48)41-34-12-6-5-9-31(34)2)44-15-21-53-27-25-51-19-13-43(14-20-52-26-28-54-22-16-44)29-36-42-38-32(3)10-7-11-33(38)40(49)46(36)30-37(47)45-17-23-50-24-18-45/h5-7,9-12,35H,4,8,13-30H2,1-3H3,(H,41,48). The van der Waals surface area contributed by atoms with E-state index in [0.717, 1.165) is 29.7 Å². The molecule has 0 aliphatic carbocycles. The number of nitrogens with zero attached hydrogens (tertiary/aromatic N) is 5. The average molecular weight is 751 g/mol. The SMILES string of the molecule is CCCC(C(=O)Nc1ccccc1C)N1CCOCCOCCN(Cc2nc3c(C)cccc3c(=O)n2CC(=O)N2CCOCC2)CCOCCOCC1. The summed E-state index contributed by atoms with van der Waals surface area (Å²) in [5.74, 6) is 0.367. The summed E-state index contributed by atoms with van der Waals surface area (Å²) in [6, 6.07) is 13.0. The first-order valence-corrected chi connectivity index (χ1v) is 19.3. The van der Waals surface area contributed by atoms with E-state index in [1.807, 2.05) is 50.2 Å². The zero-order chi connectivity index (χ0) is 38.1. The van der Waals surface area contributed by atoms with Crippen LogP contribution in [-0.4, -0.2) is 147 Å². The van der Waals surface area contributed by atoms with Crippen LogP contribution < -0.4 is 10.9 Å². The van der Waals surface area contributed by atoms with Gasteiger partial charge in [-0.05, 0) is 43.5 Å². The number of aromatic nitrogens is 2. The summed E-state index contributed by atoms with van der Waals surface area (Å²) in [6.45, 7) is 13.9. The summed E-state index contributed by atoms with van der Waals surface area (Å²) in [5.41, 5.74) is 3.16. The lowest BCUT2D eigenvalue weighted by Crippen LogP contribution is -2.47. The first-order valence-electron chi connectivity index (χ1n) is 19.3. The molecule has 2 aromatic carbocycles. The van der Waals surface area contributed by atoms with E-state index >= 15 is 0 Å². The normalized spacial score (nSPS) is 18.8. The number of anilines is 1. The number of hydrogen-bond donors (Lipinski definition) is 1. The fourth-order valence-corrected chi connectivity index (χ4v) is 6.73. The van der Waals surface area contributed by atoms with Crippen LogP contribution in [0.25, 0.3) is 10.9 Å². The molecule has 1 N–H and O–H groups in total. The summed E-state index contributed by atoms with van der Waals surface area (Å²) in [5, 5.41) is 3.63. The quantitative estimate of drug-likeness (QED) is 0.346. The van der Waals surface area contributed by atoms with Gasteiger partial charge in [-0.2, -0.15) is 0 Å². The van der Waals surface area contributed by atoms with Gasteiger partial charge in [-0.3, -0.25) is 28.8 Å². The van der Waals surface area contributed by atoms with Crippen LogP contribution in [0.1, 0.15) is 36.7 Å². The number of morpholine rings is 1. The molecule has 0 spiro atoms. The predicted molar refractivity (Wildman–Crippen MR) is 207 cm³/mol. The number of rotatable bonds is 9. The number of aryl methyl sites for hydroxylation is 2. The maximum absolute atomic E-state index is 13.9. The van der Waals surface area contributed by atoms with Crippen LogP contribution >= 0.6 is 0 Å². The number of carbonyl (C=O) groups is 2. The third kappa shape index (κ3) is 12.1. The van der Waals surface area contributed by atoms with E-state index in [2.05, 4.69) is 22.0 Å². The number of carbonyl (C=O) groups excluding carboxylic acids is 2. The molecule has 14 nitrogen and oxygen atoms in total. The Morgan fingerprint density at radius 3 is 1.94 bits per heavy atom. The summed E-state index contributed by atoms with van der Waals surface area (Å²) in [4.78, 5) is 51.8. The van der Waals surface area contributed by atoms with Crippen LogP contribution in [0.15, 0.2) is 47.3 Å². The van der Waals surface area contributed by atoms with Gasteiger partial charge in [-0.1, -0.05) is 43.7 Å². The number of fused-ring (bicyclic) bond motifs is 1. The van der Waals surface area contributed by atoms with E-state index in [4.69, 9.17) is 28.7 Å². The van der Waals surface area contributed by atoms with E-state index in [9.17, 15) is 14.4 Å². The van der Waals surface area contributed by atoms with E-state index in [-0.39, 0.29) is 30.0 Å². The van der Waals surface area contributed by atoms with Gasteiger partial charge in [0.25, 0.3) is 5.56 Å². The van der Waals surface area contributed by atoms with Crippen molar-refractivity contribution in [2.24, 2.45) is 0 Å². The number of para-hydroxylation sites is 2. The second kappa shape index (κ2) is 22.0. The minimum absolute atomic E-state index is 0.0285. The molecule has 1 aromatic heterocycles. The number of benzene rings is 2. The molecule has 0 bridgehead atoms. The fraction of sp³-hybridized carbons (Fsp3) is 0.600. The molecule has 3 aromatic rings. The molecule has 54 heavy (non-hydrogen) atoms. The Kier molecular flexibility index (Phi) is 16.8. The molecule has 0 radical (unpaired) electrons. The Bertz CT molecular complexity index is 1680. The molecule has 5 rings (SSSR count). The number of ether oxygens (including phenoxy) is 5. The maximum atomic E-state index is 13.9. The molecule has 2 saturated heterocycles. The first-order chi connectivity index (χ1) is 26.4. The van der Waals surface area contributed by atoms with Crippen molar-refractivity contribution >= 4 is 28.4 Å². The Morgan fingerprint density at radius 1 is 0.741 bits per heavy atom. The summed E-state index contributed by atoms with van der Waals surface area (Å²) < 4.78 is 30.9. The van der Waals surface area contributed by atoms with Crippen molar-refractivity contribution in [1.82, 2.24) is 24.3 Å². The van der Waals surface area contributed by atoms with Gasteiger partial charge in [0.2, 0.25) is 11.8 Å². The van der Waals surface area contributed by atoms with Crippen LogP contribution in [0, 0.1) is 13.8 Å². The lowest BCUT2D eigenvalue weighted by molar-refractivity contribution is -0.136. The van der Waals surface area contributed by atoms with E-state index in [1.54, 1.807) is 11.0 Å². The second-order valence-corrected chi connectivity index (χ2v) is 13.8. The van der Waals surface area contributed by atoms with Crippen LogP contribution in [-0.2, 0) is 46.4 Å². The molecule has 2 fully saturated rings. The van der Waals surface area contributed by atoms with E-state index in [0.29, 0.717) is 129 Å². The minimum Gasteiger partial charge on any atom is -0.378 e. The van der Waals surface area contributed by atoms with Crippen LogP contribution in [0.3, 0.4) is 0 Å². The van der Waals surface area contributed by atoms with Crippen molar-refractivity contribution in [3.05, 3.63) is 69.8 Å². The van der Waals surface area contributed by atoms with Gasteiger partial charge in [-0.15, -0.1) is 0 Å². The summed E-state index contributed by atoms with van der Waals surface area (Å²) in [7, 11) is 0. The van der Waals surface area contributed by atoms with Gasteiger partial charge in [0.05, 0.1) is 89.6 Å². The van der Waals surface area contributed by atoms with Crippen molar-refractivity contribution in [3.8, 4) is 0 Å². The van der Waals surface area contributed by atoms with Crippen molar-refractivity contribution in [2.75, 3.05) is 111 Å². The maximum Gasteiger partial charge on any atom is 0.261 e. The lowest BCUT2D eigenvalue weighted by atomic mass is 10.1. The zero-order valence-corrected chi connectivity index (χ0v) is 32.3. The van der Waals surface area contributed by atoms with Crippen molar-refractivity contribution in [3.63, 3.8) is 0 Å². The van der Waals surface area contributed by atoms with E-state index in [1.165, 1.54) is 4.57 Å². The third-order valence-electron chi connectivity index (χ3n) is 9.89. The molecule has 1 atom stereocenters. The largest absolute Gasteiger partial charge is 0.378 e. The monoisotopic (exact) mass is 750 g/mol. The Labute approximate surface area is 318 Å². The molecule has 1 unspecified atom stereocenters. The van der Waals surface area contributed by atoms with Crippen molar-refractivity contribution in [2.45, 2.75) is 52.7 Å².